The molecule has 172 valence electrons. The van der Waals surface area contributed by atoms with Gasteiger partial charge in [-0.2, -0.15) is 4.98 Å². The molecule has 0 bridgehead atoms. The van der Waals surface area contributed by atoms with Crippen LogP contribution in [0.3, 0.4) is 0 Å². The molecule has 33 heavy (non-hydrogen) atoms. The molecule has 2 aliphatic rings. The summed E-state index contributed by atoms with van der Waals surface area (Å²) >= 11 is 4.93. The topological polar surface area (TPSA) is 82.2 Å². The van der Waals surface area contributed by atoms with Gasteiger partial charge in [0.15, 0.2) is 4.67 Å². The summed E-state index contributed by atoms with van der Waals surface area (Å²) in [4.78, 5) is 18.0. The van der Waals surface area contributed by atoms with E-state index in [4.69, 9.17) is 14.3 Å². The number of hydrogen-bond acceptors (Lipinski definition) is 7. The molecule has 2 aromatic heterocycles. The fourth-order valence-corrected chi connectivity index (χ4v) is 5.42. The van der Waals surface area contributed by atoms with Gasteiger partial charge in [-0.25, -0.2) is 9.48 Å². The van der Waals surface area contributed by atoms with E-state index >= 15 is 0 Å². The largest absolute Gasteiger partial charge is 0.459 e. The maximum atomic E-state index is 13.4. The molecule has 9 heteroatoms. The van der Waals surface area contributed by atoms with Crippen molar-refractivity contribution in [2.45, 2.75) is 62.1 Å². The van der Waals surface area contributed by atoms with Crippen LogP contribution in [0, 0.1) is 0 Å². The number of rotatable bonds is 6. The van der Waals surface area contributed by atoms with Gasteiger partial charge in [0.25, 0.3) is 0 Å². The zero-order valence-corrected chi connectivity index (χ0v) is 20.7. The van der Waals surface area contributed by atoms with E-state index < -0.39 is 6.04 Å². The zero-order chi connectivity index (χ0) is 22.8. The van der Waals surface area contributed by atoms with Crippen molar-refractivity contribution in [2.75, 3.05) is 5.32 Å². The first-order chi connectivity index (χ1) is 16.1. The number of carbonyl (C=O) groups excluding carboxylic acids is 1. The molecule has 1 atom stereocenters. The number of fused-ring (bicyclic) bond motifs is 1. The van der Waals surface area contributed by atoms with E-state index in [1.165, 1.54) is 12.0 Å². The molecule has 7 nitrogen and oxygen atoms in total. The zero-order valence-electron chi connectivity index (χ0n) is 18.3. The summed E-state index contributed by atoms with van der Waals surface area (Å²) in [5, 5.41) is 8.62. The molecule has 1 aliphatic carbocycles. The fraction of sp³-hybridized carbons (Fsp3) is 0.375. The fourth-order valence-electron chi connectivity index (χ4n) is 4.32. The van der Waals surface area contributed by atoms with E-state index in [1.54, 1.807) is 16.4 Å². The number of nitrogens with zero attached hydrogens (tertiary/aromatic N) is 3. The molecule has 1 saturated carbocycles. The van der Waals surface area contributed by atoms with Crippen LogP contribution in [-0.2, 0) is 15.3 Å². The second-order valence-corrected chi connectivity index (χ2v) is 10.0. The van der Waals surface area contributed by atoms with Gasteiger partial charge < -0.3 is 14.5 Å². The number of hydrogen-bond donors (Lipinski definition) is 1. The summed E-state index contributed by atoms with van der Waals surface area (Å²) < 4.78 is 14.1. The molecular weight excluding hydrogens is 504 g/mol. The molecule has 5 rings (SSSR count). The van der Waals surface area contributed by atoms with Gasteiger partial charge in [-0.3, -0.25) is 0 Å². The highest BCUT2D eigenvalue weighted by molar-refractivity contribution is 9.10. The third-order valence-electron chi connectivity index (χ3n) is 5.95. The number of halogens is 1. The van der Waals surface area contributed by atoms with Crippen molar-refractivity contribution in [2.24, 2.45) is 0 Å². The van der Waals surface area contributed by atoms with Crippen LogP contribution in [0.4, 0.5) is 5.95 Å². The summed E-state index contributed by atoms with van der Waals surface area (Å²) in [7, 11) is 0. The average Bonchev–Trinajstić information content (AvgIpc) is 3.43. The summed E-state index contributed by atoms with van der Waals surface area (Å²) in [5.41, 5.74) is 2.40. The molecule has 3 heterocycles. The van der Waals surface area contributed by atoms with Crippen molar-refractivity contribution < 1.29 is 13.9 Å². The number of esters is 1. The van der Waals surface area contributed by atoms with Crippen molar-refractivity contribution in [3.63, 3.8) is 0 Å². The maximum Gasteiger partial charge on any atom is 0.338 e. The highest BCUT2D eigenvalue weighted by Crippen LogP contribution is 2.38. The monoisotopic (exact) mass is 528 g/mol. The molecule has 1 fully saturated rings. The lowest BCUT2D eigenvalue weighted by molar-refractivity contribution is -0.146. The van der Waals surface area contributed by atoms with Gasteiger partial charge in [-0.1, -0.05) is 48.5 Å². The summed E-state index contributed by atoms with van der Waals surface area (Å²) in [6.07, 6.45) is 5.18. The van der Waals surface area contributed by atoms with E-state index in [0.29, 0.717) is 32.8 Å². The number of thioether (sulfide) groups is 1. The summed E-state index contributed by atoms with van der Waals surface area (Å²) in [6.45, 7) is 1.87. The van der Waals surface area contributed by atoms with Gasteiger partial charge in [0, 0.05) is 11.4 Å². The second-order valence-electron chi connectivity index (χ2n) is 8.31. The van der Waals surface area contributed by atoms with E-state index in [0.717, 1.165) is 31.4 Å². The van der Waals surface area contributed by atoms with Crippen LogP contribution in [0.5, 0.6) is 0 Å². The van der Waals surface area contributed by atoms with Gasteiger partial charge in [0.1, 0.15) is 17.9 Å². The van der Waals surface area contributed by atoms with Crippen LogP contribution >= 0.6 is 27.7 Å². The first kappa shape index (κ1) is 22.3. The number of allylic oxidation sites excluding steroid dienone is 1. The number of furan rings is 1. The molecule has 0 amide bonds. The van der Waals surface area contributed by atoms with Crippen molar-refractivity contribution >= 4 is 39.6 Å². The number of anilines is 1. The first-order valence-electron chi connectivity index (χ1n) is 11.2. The molecule has 1 unspecified atom stereocenters. The average molecular weight is 529 g/mol. The van der Waals surface area contributed by atoms with Crippen LogP contribution in [0.2, 0.25) is 0 Å². The molecule has 0 saturated heterocycles. The predicted octanol–water partition coefficient (Wildman–Crippen LogP) is 6.09. The van der Waals surface area contributed by atoms with Gasteiger partial charge in [-0.15, -0.1) is 5.10 Å². The van der Waals surface area contributed by atoms with Gasteiger partial charge in [0.2, 0.25) is 11.1 Å². The predicted molar refractivity (Wildman–Crippen MR) is 130 cm³/mol. The van der Waals surface area contributed by atoms with Crippen molar-refractivity contribution in [1.82, 2.24) is 14.8 Å². The van der Waals surface area contributed by atoms with E-state index in [-0.39, 0.29) is 12.1 Å². The minimum atomic E-state index is -0.554. The van der Waals surface area contributed by atoms with Crippen molar-refractivity contribution in [3.05, 3.63) is 69.7 Å². The Morgan fingerprint density at radius 3 is 2.73 bits per heavy atom. The number of nitrogens with one attached hydrogen (secondary N) is 1. The van der Waals surface area contributed by atoms with E-state index in [1.807, 2.05) is 37.3 Å². The van der Waals surface area contributed by atoms with Gasteiger partial charge >= 0.3 is 5.97 Å². The number of aromatic nitrogens is 3. The third-order valence-corrected chi connectivity index (χ3v) is 7.29. The lowest BCUT2D eigenvalue weighted by Gasteiger charge is -2.28. The normalized spacial score (nSPS) is 18.7. The standard InChI is InChI=1S/C24H25BrN4O3S/c1-15-20(22(30)31-17-10-6-3-7-11-17)21(18-12-13-19(25)32-18)29-23(26-15)27-24(28-29)33-14-16-8-4-2-5-9-16/h2,4-5,8-9,12-13,17,21H,3,6-7,10-11,14H2,1H3,(H,26,27,28). The number of benzene rings is 1. The van der Waals surface area contributed by atoms with Crippen LogP contribution in [0.1, 0.15) is 56.4 Å². The van der Waals surface area contributed by atoms with Gasteiger partial charge in [0.05, 0.1) is 5.57 Å². The van der Waals surface area contributed by atoms with Crippen LogP contribution in [-0.4, -0.2) is 26.8 Å². The summed E-state index contributed by atoms with van der Waals surface area (Å²) in [5.74, 6) is 1.60. The Labute approximate surface area is 205 Å². The first-order valence-corrected chi connectivity index (χ1v) is 12.9. The van der Waals surface area contributed by atoms with Crippen LogP contribution < -0.4 is 5.32 Å². The molecule has 1 aromatic carbocycles. The number of ether oxygens (including phenoxy) is 1. The summed E-state index contributed by atoms with van der Waals surface area (Å²) in [6, 6.07) is 13.3. The maximum absolute atomic E-state index is 13.4. The Hall–Kier alpha value is -2.52. The minimum Gasteiger partial charge on any atom is -0.459 e. The molecule has 1 N–H and O–H groups in total. The molecule has 1 aliphatic heterocycles. The highest BCUT2D eigenvalue weighted by atomic mass is 79.9. The molecular formula is C24H25BrN4O3S. The van der Waals surface area contributed by atoms with E-state index in [2.05, 4.69) is 38.4 Å². The number of carbonyl (C=O) groups is 1. The molecule has 3 aromatic rings. The quantitative estimate of drug-likeness (QED) is 0.306. The Kier molecular flexibility index (Phi) is 6.59. The SMILES string of the molecule is CC1=C(C(=O)OC2CCCCC2)C(c2ccc(Br)o2)n2nc(SCc3ccccc3)nc2N1. The lowest BCUT2D eigenvalue weighted by Crippen LogP contribution is -2.31. The van der Waals surface area contributed by atoms with Crippen molar-refractivity contribution in [1.29, 1.82) is 0 Å². The van der Waals surface area contributed by atoms with Crippen molar-refractivity contribution in [3.8, 4) is 0 Å². The van der Waals surface area contributed by atoms with Crippen LogP contribution in [0.25, 0.3) is 0 Å². The molecule has 0 radical (unpaired) electrons. The molecule has 0 spiro atoms. The Balaban J connectivity index is 1.44. The Morgan fingerprint density at radius 1 is 1.21 bits per heavy atom. The third kappa shape index (κ3) is 4.89. The van der Waals surface area contributed by atoms with Gasteiger partial charge in [-0.05, 0) is 66.2 Å². The minimum absolute atomic E-state index is 0.0373. The Bertz CT molecular complexity index is 1170. The van der Waals surface area contributed by atoms with E-state index in [9.17, 15) is 4.79 Å². The lowest BCUT2D eigenvalue weighted by atomic mass is 9.97. The highest BCUT2D eigenvalue weighted by Gasteiger charge is 2.38. The second kappa shape index (κ2) is 9.77. The van der Waals surface area contributed by atoms with Crippen LogP contribution in [0.15, 0.2) is 68.0 Å². The smallest absolute Gasteiger partial charge is 0.338 e. The Morgan fingerprint density at radius 2 is 2.00 bits per heavy atom.